The maximum Gasteiger partial charge on any atom is 0.335 e. The Morgan fingerprint density at radius 1 is 0.466 bits per heavy atom. The van der Waals surface area contributed by atoms with Gasteiger partial charge >= 0.3 is 23.9 Å². The molecule has 1 aliphatic heterocycles. The second kappa shape index (κ2) is 49.1. The number of carboxylic acids is 1. The fourth-order valence-electron chi connectivity index (χ4n) is 8.40. The van der Waals surface area contributed by atoms with Crippen LogP contribution in [0.5, 0.6) is 0 Å². The van der Waals surface area contributed by atoms with Crippen LogP contribution in [0.25, 0.3) is 0 Å². The summed E-state index contributed by atoms with van der Waals surface area (Å²) in [6.45, 7) is 5.73. The smallest absolute Gasteiger partial charge is 0.335 e. The van der Waals surface area contributed by atoms with E-state index in [4.69, 9.17) is 23.7 Å². The van der Waals surface area contributed by atoms with Crippen LogP contribution in [0.15, 0.2) is 72.9 Å². The molecule has 12 heteroatoms. The molecule has 0 saturated carbocycles. The van der Waals surface area contributed by atoms with Crippen molar-refractivity contribution in [2.45, 2.75) is 276 Å². The summed E-state index contributed by atoms with van der Waals surface area (Å²) in [5.74, 6) is -3.16. The van der Waals surface area contributed by atoms with Crippen molar-refractivity contribution in [2.75, 3.05) is 13.2 Å². The van der Waals surface area contributed by atoms with Gasteiger partial charge in [-0.3, -0.25) is 14.4 Å². The van der Waals surface area contributed by atoms with Gasteiger partial charge in [0.15, 0.2) is 24.6 Å². The van der Waals surface area contributed by atoms with E-state index in [0.717, 1.165) is 128 Å². The summed E-state index contributed by atoms with van der Waals surface area (Å²) < 4.78 is 28.4. The largest absolute Gasteiger partial charge is 0.479 e. The third-order valence-corrected chi connectivity index (χ3v) is 12.8. The Morgan fingerprint density at radius 2 is 0.863 bits per heavy atom. The lowest BCUT2D eigenvalue weighted by atomic mass is 9.98. The molecule has 418 valence electrons. The van der Waals surface area contributed by atoms with E-state index in [1.807, 2.05) is 0 Å². The van der Waals surface area contributed by atoms with E-state index in [1.54, 1.807) is 0 Å². The first-order valence-corrected chi connectivity index (χ1v) is 28.9. The molecule has 0 spiro atoms. The number of carboxylic acid groups (broad SMARTS) is 1. The Hall–Kier alpha value is -3.84. The molecule has 3 N–H and O–H groups in total. The lowest BCUT2D eigenvalue weighted by Crippen LogP contribution is -2.61. The lowest BCUT2D eigenvalue weighted by Gasteiger charge is -2.40. The molecular weight excluding hydrogens is 925 g/mol. The Bertz CT molecular complexity index is 1550. The van der Waals surface area contributed by atoms with Crippen LogP contribution in [0.3, 0.4) is 0 Å². The third kappa shape index (κ3) is 39.3. The highest BCUT2D eigenvalue weighted by atomic mass is 16.7. The third-order valence-electron chi connectivity index (χ3n) is 12.8. The lowest BCUT2D eigenvalue weighted by molar-refractivity contribution is -0.301. The minimum absolute atomic E-state index is 0.0575. The number of aliphatic carboxylic acids is 1. The normalized spacial score (nSPS) is 18.8. The molecule has 0 aromatic carbocycles. The molecule has 6 atom stereocenters. The fraction of sp³-hybridized carbons (Fsp3) is 0.738. The first-order chi connectivity index (χ1) is 35.6. The molecular formula is C61H102O12. The molecule has 0 aromatic heterocycles. The van der Waals surface area contributed by atoms with Crippen LogP contribution in [0.2, 0.25) is 0 Å². The predicted octanol–water partition coefficient (Wildman–Crippen LogP) is 14.6. The first kappa shape index (κ1) is 67.2. The summed E-state index contributed by atoms with van der Waals surface area (Å²) in [4.78, 5) is 51.1. The number of rotatable bonds is 48. The van der Waals surface area contributed by atoms with Gasteiger partial charge in [-0.2, -0.15) is 0 Å². The number of hydrogen-bond donors (Lipinski definition) is 3. The van der Waals surface area contributed by atoms with Gasteiger partial charge in [0.1, 0.15) is 18.8 Å². The fourth-order valence-corrected chi connectivity index (χ4v) is 8.40. The van der Waals surface area contributed by atoms with Crippen molar-refractivity contribution in [2.24, 2.45) is 0 Å². The van der Waals surface area contributed by atoms with Crippen LogP contribution in [-0.2, 0) is 42.9 Å². The Kier molecular flexibility index (Phi) is 45.1. The van der Waals surface area contributed by atoms with Gasteiger partial charge in [-0.25, -0.2) is 4.79 Å². The van der Waals surface area contributed by atoms with Gasteiger partial charge in [0, 0.05) is 19.3 Å². The Labute approximate surface area is 442 Å². The molecule has 73 heavy (non-hydrogen) atoms. The molecule has 1 aliphatic rings. The predicted molar refractivity (Wildman–Crippen MR) is 294 cm³/mol. The number of aliphatic hydroxyl groups excluding tert-OH is 2. The van der Waals surface area contributed by atoms with Crippen molar-refractivity contribution in [1.29, 1.82) is 0 Å². The molecule has 1 heterocycles. The van der Waals surface area contributed by atoms with Gasteiger partial charge in [0.25, 0.3) is 0 Å². The molecule has 1 rings (SSSR count). The van der Waals surface area contributed by atoms with Gasteiger partial charge in [-0.15, -0.1) is 0 Å². The maximum absolute atomic E-state index is 13.1. The van der Waals surface area contributed by atoms with Crippen molar-refractivity contribution >= 4 is 23.9 Å². The average Bonchev–Trinajstić information content (AvgIpc) is 3.37. The Morgan fingerprint density at radius 3 is 1.32 bits per heavy atom. The van der Waals surface area contributed by atoms with Crippen molar-refractivity contribution in [3.8, 4) is 0 Å². The molecule has 0 bridgehead atoms. The molecule has 0 aliphatic carbocycles. The Balaban J connectivity index is 2.72. The number of allylic oxidation sites excluding steroid dienone is 12. The van der Waals surface area contributed by atoms with Crippen molar-refractivity contribution in [3.63, 3.8) is 0 Å². The zero-order valence-corrected chi connectivity index (χ0v) is 45.9. The number of hydrogen-bond acceptors (Lipinski definition) is 11. The summed E-state index contributed by atoms with van der Waals surface area (Å²) >= 11 is 0. The van der Waals surface area contributed by atoms with Crippen LogP contribution < -0.4 is 0 Å². The number of carbonyl (C=O) groups excluding carboxylic acids is 3. The van der Waals surface area contributed by atoms with Crippen molar-refractivity contribution in [3.05, 3.63) is 72.9 Å². The SMILES string of the molecule is CC/C=C\C/C=C\C/C=C\CCCCCCCC(=O)OCC(COC1OC(C(=O)O)C(O)C(O)C1OC(=O)CCCCCCCCCCCCCCC)OC(=O)CCCCCCC/C=C\C/C=C\C/C=C\CC. The molecule has 6 unspecified atom stereocenters. The van der Waals surface area contributed by atoms with E-state index in [1.165, 1.54) is 51.4 Å². The molecule has 0 amide bonds. The highest BCUT2D eigenvalue weighted by Gasteiger charge is 2.50. The maximum atomic E-state index is 13.1. The number of ether oxygens (including phenoxy) is 5. The van der Waals surface area contributed by atoms with Crippen LogP contribution in [0, 0.1) is 0 Å². The number of esters is 3. The highest BCUT2D eigenvalue weighted by molar-refractivity contribution is 5.74. The minimum Gasteiger partial charge on any atom is -0.479 e. The number of aliphatic hydroxyl groups is 2. The molecule has 0 aromatic rings. The van der Waals surface area contributed by atoms with E-state index in [9.17, 15) is 34.5 Å². The molecule has 12 nitrogen and oxygen atoms in total. The number of carbonyl (C=O) groups is 4. The molecule has 1 fully saturated rings. The van der Waals surface area contributed by atoms with Crippen molar-refractivity contribution in [1.82, 2.24) is 0 Å². The van der Waals surface area contributed by atoms with Crippen LogP contribution in [0.4, 0.5) is 0 Å². The summed E-state index contributed by atoms with van der Waals surface area (Å²) in [5.41, 5.74) is 0. The quantitative estimate of drug-likeness (QED) is 0.0228. The minimum atomic E-state index is -1.91. The van der Waals surface area contributed by atoms with Gasteiger partial charge in [-0.05, 0) is 83.5 Å². The van der Waals surface area contributed by atoms with Crippen LogP contribution in [0.1, 0.15) is 239 Å². The second-order valence-electron chi connectivity index (χ2n) is 19.5. The van der Waals surface area contributed by atoms with E-state index < -0.39 is 67.3 Å². The first-order valence-electron chi connectivity index (χ1n) is 28.9. The molecule has 1 saturated heterocycles. The van der Waals surface area contributed by atoms with E-state index in [2.05, 4.69) is 93.7 Å². The summed E-state index contributed by atoms with van der Waals surface area (Å²) in [7, 11) is 0. The molecule has 0 radical (unpaired) electrons. The van der Waals surface area contributed by atoms with Gasteiger partial charge < -0.3 is 39.0 Å². The second-order valence-corrected chi connectivity index (χ2v) is 19.5. The van der Waals surface area contributed by atoms with E-state index in [-0.39, 0.29) is 25.9 Å². The van der Waals surface area contributed by atoms with Crippen LogP contribution in [-0.4, -0.2) is 89.2 Å². The van der Waals surface area contributed by atoms with Gasteiger partial charge in [0.2, 0.25) is 0 Å². The standard InChI is InChI=1S/C61H102O12/c1-4-7-10-13-16-19-22-25-27-30-32-35-38-41-44-47-53(62)69-50-52(71-54(63)48-45-42-39-36-34-31-28-26-23-20-17-14-11-8-5-2)51-70-61-59(57(66)56(65)58(73-61)60(67)68)72-55(64)49-46-43-40-37-33-29-24-21-18-15-12-9-6-3/h7-8,10-11,16-17,19-20,25-28,52,56-59,61,65-66H,4-6,9,12-15,18,21-24,29-51H2,1-3H3,(H,67,68)/b10-7-,11-8-,19-16-,20-17-,27-25-,28-26-. The number of unbranched alkanes of at least 4 members (excludes halogenated alkanes) is 22. The van der Waals surface area contributed by atoms with Crippen LogP contribution >= 0.6 is 0 Å². The van der Waals surface area contributed by atoms with Gasteiger partial charge in [0.05, 0.1) is 6.61 Å². The van der Waals surface area contributed by atoms with E-state index in [0.29, 0.717) is 19.3 Å². The highest BCUT2D eigenvalue weighted by Crippen LogP contribution is 2.26. The summed E-state index contributed by atoms with van der Waals surface area (Å²) in [6, 6.07) is 0. The topological polar surface area (TPSA) is 175 Å². The summed E-state index contributed by atoms with van der Waals surface area (Å²) in [6.07, 6.45) is 48.7. The zero-order valence-electron chi connectivity index (χ0n) is 45.9. The van der Waals surface area contributed by atoms with E-state index >= 15 is 0 Å². The van der Waals surface area contributed by atoms with Gasteiger partial charge in [-0.1, -0.05) is 209 Å². The average molecular weight is 1030 g/mol. The summed E-state index contributed by atoms with van der Waals surface area (Å²) in [5, 5.41) is 31.4. The zero-order chi connectivity index (χ0) is 53.3. The van der Waals surface area contributed by atoms with Crippen molar-refractivity contribution < 1.29 is 58.2 Å². The monoisotopic (exact) mass is 1030 g/mol.